The number of anilines is 2. The standard InChI is InChI=1S/C15H13ClN6/c16-10-8-18-15(11-3-1-2-6-17-11)20-14(10)19-13-7-12(21-22-13)9-4-5-9/h1-3,6-9H,4-5H2,(H2,18,19,20,21,22). The zero-order valence-electron chi connectivity index (χ0n) is 11.6. The number of nitrogens with one attached hydrogen (secondary N) is 2. The Morgan fingerprint density at radius 1 is 1.23 bits per heavy atom. The number of aromatic amines is 1. The number of rotatable bonds is 4. The van der Waals surface area contributed by atoms with Gasteiger partial charge in [0.25, 0.3) is 0 Å². The molecule has 1 aliphatic carbocycles. The van der Waals surface area contributed by atoms with Gasteiger partial charge in [0.2, 0.25) is 0 Å². The van der Waals surface area contributed by atoms with Gasteiger partial charge in [0, 0.05) is 23.9 Å². The van der Waals surface area contributed by atoms with E-state index in [4.69, 9.17) is 11.6 Å². The summed E-state index contributed by atoms with van der Waals surface area (Å²) >= 11 is 6.17. The lowest BCUT2D eigenvalue weighted by molar-refractivity contribution is 0.966. The van der Waals surface area contributed by atoms with E-state index in [1.807, 2.05) is 24.3 Å². The molecule has 7 heteroatoms. The molecule has 0 aromatic carbocycles. The van der Waals surface area contributed by atoms with Crippen LogP contribution in [0, 0.1) is 0 Å². The summed E-state index contributed by atoms with van der Waals surface area (Å²) in [4.78, 5) is 12.9. The van der Waals surface area contributed by atoms with E-state index < -0.39 is 0 Å². The highest BCUT2D eigenvalue weighted by Crippen LogP contribution is 2.39. The predicted molar refractivity (Wildman–Crippen MR) is 84.1 cm³/mol. The highest BCUT2D eigenvalue weighted by atomic mass is 35.5. The van der Waals surface area contributed by atoms with Gasteiger partial charge in [-0.15, -0.1) is 0 Å². The van der Waals surface area contributed by atoms with Crippen molar-refractivity contribution in [3.05, 3.63) is 47.4 Å². The number of hydrogen-bond acceptors (Lipinski definition) is 5. The van der Waals surface area contributed by atoms with Crippen molar-refractivity contribution < 1.29 is 0 Å². The largest absolute Gasteiger partial charge is 0.322 e. The maximum atomic E-state index is 6.17. The van der Waals surface area contributed by atoms with Crippen LogP contribution in [0.4, 0.5) is 11.6 Å². The zero-order chi connectivity index (χ0) is 14.9. The maximum absolute atomic E-state index is 6.17. The fourth-order valence-electron chi connectivity index (χ4n) is 2.20. The molecule has 0 radical (unpaired) electrons. The van der Waals surface area contributed by atoms with E-state index in [9.17, 15) is 0 Å². The van der Waals surface area contributed by atoms with Gasteiger partial charge < -0.3 is 5.32 Å². The van der Waals surface area contributed by atoms with E-state index in [0.717, 1.165) is 5.69 Å². The number of aromatic nitrogens is 5. The summed E-state index contributed by atoms with van der Waals surface area (Å²) < 4.78 is 0. The van der Waals surface area contributed by atoms with Gasteiger partial charge in [-0.2, -0.15) is 5.10 Å². The van der Waals surface area contributed by atoms with Gasteiger partial charge in [-0.05, 0) is 25.0 Å². The molecule has 3 aromatic rings. The molecule has 3 aromatic heterocycles. The fraction of sp³-hybridized carbons (Fsp3) is 0.200. The Hall–Kier alpha value is -2.47. The first-order valence-electron chi connectivity index (χ1n) is 7.06. The van der Waals surface area contributed by atoms with E-state index >= 15 is 0 Å². The van der Waals surface area contributed by atoms with Crippen LogP contribution in [0.15, 0.2) is 36.7 Å². The molecule has 3 heterocycles. The third-order valence-corrected chi connectivity index (χ3v) is 3.78. The third kappa shape index (κ3) is 2.65. The summed E-state index contributed by atoms with van der Waals surface area (Å²) in [5.74, 6) is 2.36. The molecule has 0 amide bonds. The lowest BCUT2D eigenvalue weighted by Crippen LogP contribution is -1.99. The summed E-state index contributed by atoms with van der Waals surface area (Å²) in [6.45, 7) is 0. The topological polar surface area (TPSA) is 79.4 Å². The highest BCUT2D eigenvalue weighted by Gasteiger charge is 2.25. The third-order valence-electron chi connectivity index (χ3n) is 3.50. The molecule has 6 nitrogen and oxygen atoms in total. The molecule has 110 valence electrons. The molecule has 2 N–H and O–H groups in total. The van der Waals surface area contributed by atoms with Crippen molar-refractivity contribution >= 4 is 23.2 Å². The Labute approximate surface area is 132 Å². The van der Waals surface area contributed by atoms with Crippen LogP contribution in [-0.4, -0.2) is 25.1 Å². The SMILES string of the molecule is Clc1cnc(-c2ccccn2)nc1Nc1cc(C2CC2)[nH]n1. The quantitative estimate of drug-likeness (QED) is 0.770. The smallest absolute Gasteiger partial charge is 0.180 e. The van der Waals surface area contributed by atoms with Crippen molar-refractivity contribution in [1.29, 1.82) is 0 Å². The molecule has 4 rings (SSSR count). The van der Waals surface area contributed by atoms with Crippen molar-refractivity contribution in [3.8, 4) is 11.5 Å². The van der Waals surface area contributed by atoms with E-state index in [1.54, 1.807) is 12.4 Å². The fourth-order valence-corrected chi connectivity index (χ4v) is 2.34. The number of pyridine rings is 1. The van der Waals surface area contributed by atoms with Gasteiger partial charge in [-0.25, -0.2) is 9.97 Å². The van der Waals surface area contributed by atoms with Gasteiger partial charge in [-0.1, -0.05) is 17.7 Å². The number of H-pyrrole nitrogens is 1. The molecule has 0 spiro atoms. The van der Waals surface area contributed by atoms with Gasteiger partial charge >= 0.3 is 0 Å². The average molecular weight is 313 g/mol. The first kappa shape index (κ1) is 13.2. The molecule has 1 aliphatic rings. The van der Waals surface area contributed by atoms with Gasteiger partial charge in [0.1, 0.15) is 10.7 Å². The minimum absolute atomic E-state index is 0.440. The van der Waals surface area contributed by atoms with Crippen molar-refractivity contribution in [3.63, 3.8) is 0 Å². The van der Waals surface area contributed by atoms with Crippen LogP contribution < -0.4 is 5.32 Å². The van der Waals surface area contributed by atoms with Crippen LogP contribution >= 0.6 is 11.6 Å². The van der Waals surface area contributed by atoms with Crippen LogP contribution in [0.5, 0.6) is 0 Å². The van der Waals surface area contributed by atoms with Gasteiger partial charge in [0.05, 0.1) is 6.20 Å². The lowest BCUT2D eigenvalue weighted by atomic mass is 10.3. The molecule has 0 bridgehead atoms. The summed E-state index contributed by atoms with van der Waals surface area (Å²) in [5.41, 5.74) is 1.85. The van der Waals surface area contributed by atoms with Crippen molar-refractivity contribution in [2.75, 3.05) is 5.32 Å². The summed E-state index contributed by atoms with van der Waals surface area (Å²) in [7, 11) is 0. The normalized spacial score (nSPS) is 14.0. The summed E-state index contributed by atoms with van der Waals surface area (Å²) in [5, 5.41) is 10.9. The second kappa shape index (κ2) is 5.38. The monoisotopic (exact) mass is 312 g/mol. The van der Waals surface area contributed by atoms with Crippen molar-refractivity contribution in [2.45, 2.75) is 18.8 Å². The second-order valence-electron chi connectivity index (χ2n) is 5.21. The first-order valence-corrected chi connectivity index (χ1v) is 7.43. The van der Waals surface area contributed by atoms with E-state index in [2.05, 4.69) is 30.5 Å². The van der Waals surface area contributed by atoms with E-state index in [1.165, 1.54) is 12.8 Å². The average Bonchev–Trinajstić information content (AvgIpc) is 3.30. The Morgan fingerprint density at radius 2 is 2.14 bits per heavy atom. The maximum Gasteiger partial charge on any atom is 0.180 e. The number of hydrogen-bond donors (Lipinski definition) is 2. The molecule has 0 aliphatic heterocycles. The first-order chi connectivity index (χ1) is 10.8. The minimum Gasteiger partial charge on any atom is -0.322 e. The van der Waals surface area contributed by atoms with Crippen molar-refractivity contribution in [1.82, 2.24) is 25.1 Å². The van der Waals surface area contributed by atoms with E-state index in [-0.39, 0.29) is 0 Å². The molecular formula is C15H13ClN6. The van der Waals surface area contributed by atoms with E-state index in [0.29, 0.717) is 34.1 Å². The highest BCUT2D eigenvalue weighted by molar-refractivity contribution is 6.32. The Bertz CT molecular complexity index is 797. The van der Waals surface area contributed by atoms with Crippen LogP contribution in [0.25, 0.3) is 11.5 Å². The zero-order valence-corrected chi connectivity index (χ0v) is 12.4. The summed E-state index contributed by atoms with van der Waals surface area (Å²) in [6, 6.07) is 7.59. The molecule has 1 fully saturated rings. The molecule has 0 unspecified atom stereocenters. The van der Waals surface area contributed by atoms with Gasteiger partial charge in [0.15, 0.2) is 17.5 Å². The molecule has 0 saturated heterocycles. The Kier molecular flexibility index (Phi) is 3.23. The number of halogens is 1. The second-order valence-corrected chi connectivity index (χ2v) is 5.62. The van der Waals surface area contributed by atoms with Crippen molar-refractivity contribution in [2.24, 2.45) is 0 Å². The van der Waals surface area contributed by atoms with Crippen LogP contribution in [-0.2, 0) is 0 Å². The van der Waals surface area contributed by atoms with Crippen LogP contribution in [0.1, 0.15) is 24.5 Å². The lowest BCUT2D eigenvalue weighted by Gasteiger charge is -2.06. The molecule has 0 atom stereocenters. The van der Waals surface area contributed by atoms with Gasteiger partial charge in [-0.3, -0.25) is 10.1 Å². The number of nitrogens with zero attached hydrogens (tertiary/aromatic N) is 4. The Balaban J connectivity index is 1.62. The van der Waals surface area contributed by atoms with Crippen LogP contribution in [0.3, 0.4) is 0 Å². The molecule has 22 heavy (non-hydrogen) atoms. The Morgan fingerprint density at radius 3 is 2.91 bits per heavy atom. The molecular weight excluding hydrogens is 300 g/mol. The minimum atomic E-state index is 0.440. The van der Waals surface area contributed by atoms with Crippen LogP contribution in [0.2, 0.25) is 5.02 Å². The molecule has 1 saturated carbocycles. The predicted octanol–water partition coefficient (Wildman–Crippen LogP) is 3.54. The summed E-state index contributed by atoms with van der Waals surface area (Å²) in [6.07, 6.45) is 5.71.